The molecule has 4 aromatic rings. The smallest absolute Gasteiger partial charge is 0.332 e. The van der Waals surface area contributed by atoms with Gasteiger partial charge in [-0.2, -0.15) is 0 Å². The zero-order valence-corrected chi connectivity index (χ0v) is 21.8. The number of aromatic amines is 1. The Morgan fingerprint density at radius 2 is 1.73 bits per heavy atom. The Morgan fingerprint density at radius 1 is 1.02 bits per heavy atom. The average Bonchev–Trinajstić information content (AvgIpc) is 3.46. The Hall–Kier alpha value is -5.12. The number of fused-ring (bicyclic) bond motifs is 4. The standard InChI is InChI=1S/C30H26N4O6/c1-16(29(37)38)31-27(35)20-8-4-6-10-23(20)34-28(36)24-15-21-19-7-3-5-9-22(19)32-25(21)26(33(24)30(34)39)17-11-13-18(40-2)14-12-17/h3-14,16,24,26,32H,15H2,1-2H3,(H,31,35)(H,37,38)/t16-,24+,26-/m1/s1. The van der Waals surface area contributed by atoms with E-state index < -0.39 is 41.9 Å². The minimum Gasteiger partial charge on any atom is -0.497 e. The molecular formula is C30H26N4O6. The molecule has 40 heavy (non-hydrogen) atoms. The van der Waals surface area contributed by atoms with E-state index in [4.69, 9.17) is 4.74 Å². The number of rotatable bonds is 6. The number of hydrogen-bond donors (Lipinski definition) is 3. The molecular weight excluding hydrogens is 512 g/mol. The normalized spacial score (nSPS) is 18.9. The summed E-state index contributed by atoms with van der Waals surface area (Å²) in [4.78, 5) is 58.6. The van der Waals surface area contributed by atoms with Crippen molar-refractivity contribution in [2.75, 3.05) is 12.0 Å². The molecule has 0 unspecified atom stereocenters. The van der Waals surface area contributed by atoms with Gasteiger partial charge in [0.05, 0.1) is 18.4 Å². The molecule has 3 N–H and O–H groups in total. The third-order valence-electron chi connectivity index (χ3n) is 7.59. The number of urea groups is 1. The zero-order valence-electron chi connectivity index (χ0n) is 21.8. The summed E-state index contributed by atoms with van der Waals surface area (Å²) in [5.74, 6) is -1.69. The van der Waals surface area contributed by atoms with Crippen molar-refractivity contribution in [3.8, 4) is 5.75 Å². The molecule has 10 heteroatoms. The van der Waals surface area contributed by atoms with Gasteiger partial charge in [0.25, 0.3) is 11.8 Å². The van der Waals surface area contributed by atoms with Gasteiger partial charge in [0.1, 0.15) is 23.9 Å². The number of amides is 4. The molecule has 1 saturated heterocycles. The number of ether oxygens (including phenoxy) is 1. The number of imide groups is 1. The Morgan fingerprint density at radius 3 is 2.45 bits per heavy atom. The minimum atomic E-state index is -1.20. The van der Waals surface area contributed by atoms with Crippen LogP contribution in [0.25, 0.3) is 10.9 Å². The van der Waals surface area contributed by atoms with Gasteiger partial charge < -0.3 is 20.1 Å². The van der Waals surface area contributed by atoms with E-state index in [1.165, 1.54) is 19.1 Å². The van der Waals surface area contributed by atoms with Crippen LogP contribution < -0.4 is 15.0 Å². The maximum atomic E-state index is 14.2. The molecule has 1 aromatic heterocycles. The summed E-state index contributed by atoms with van der Waals surface area (Å²) in [7, 11) is 1.58. The highest BCUT2D eigenvalue weighted by molar-refractivity contribution is 6.24. The number of nitrogens with one attached hydrogen (secondary N) is 2. The summed E-state index contributed by atoms with van der Waals surface area (Å²) in [6.07, 6.45) is 0.303. The molecule has 2 aliphatic rings. The number of carbonyl (C=O) groups is 4. The van der Waals surface area contributed by atoms with E-state index in [1.54, 1.807) is 24.1 Å². The van der Waals surface area contributed by atoms with Gasteiger partial charge in [0.15, 0.2) is 0 Å². The highest BCUT2D eigenvalue weighted by Gasteiger charge is 2.53. The quantitative estimate of drug-likeness (QED) is 0.320. The van der Waals surface area contributed by atoms with Crippen LogP contribution in [-0.4, -0.2) is 58.0 Å². The number of carbonyl (C=O) groups excluding carboxylic acids is 3. The Balaban J connectivity index is 1.46. The highest BCUT2D eigenvalue weighted by Crippen LogP contribution is 2.45. The fourth-order valence-corrected chi connectivity index (χ4v) is 5.63. The topological polar surface area (TPSA) is 132 Å². The number of H-pyrrole nitrogens is 1. The van der Waals surface area contributed by atoms with Crippen molar-refractivity contribution >= 4 is 40.4 Å². The lowest BCUT2D eigenvalue weighted by molar-refractivity contribution is -0.138. The summed E-state index contributed by atoms with van der Waals surface area (Å²) in [5.41, 5.74) is 3.63. The molecule has 202 valence electrons. The van der Waals surface area contributed by atoms with E-state index in [2.05, 4.69) is 10.3 Å². The third kappa shape index (κ3) is 3.87. The number of methoxy groups -OCH3 is 1. The molecule has 0 saturated carbocycles. The number of hydrogen-bond acceptors (Lipinski definition) is 5. The SMILES string of the molecule is COc1ccc([C@@H]2c3[nH]c4ccccc4c3C[C@H]3C(=O)N(c4ccccc4C(=O)N[C@H](C)C(=O)O)C(=O)N23)cc1. The number of carboxylic acid groups (broad SMARTS) is 1. The number of aliphatic carboxylic acids is 1. The number of benzene rings is 3. The highest BCUT2D eigenvalue weighted by atomic mass is 16.5. The minimum absolute atomic E-state index is 0.0297. The van der Waals surface area contributed by atoms with Crippen LogP contribution in [0.15, 0.2) is 72.8 Å². The third-order valence-corrected chi connectivity index (χ3v) is 7.59. The number of carboxylic acids is 1. The maximum absolute atomic E-state index is 14.2. The fourth-order valence-electron chi connectivity index (χ4n) is 5.63. The van der Waals surface area contributed by atoms with E-state index in [1.807, 2.05) is 48.5 Å². The van der Waals surface area contributed by atoms with Crippen molar-refractivity contribution in [3.63, 3.8) is 0 Å². The Bertz CT molecular complexity index is 1680. The van der Waals surface area contributed by atoms with Crippen LogP contribution in [0.4, 0.5) is 10.5 Å². The first-order chi connectivity index (χ1) is 19.3. The van der Waals surface area contributed by atoms with Gasteiger partial charge in [-0.3, -0.25) is 19.3 Å². The molecule has 3 aromatic carbocycles. The summed E-state index contributed by atoms with van der Waals surface area (Å²) in [5, 5.41) is 12.6. The predicted octanol–water partition coefficient (Wildman–Crippen LogP) is 3.86. The van der Waals surface area contributed by atoms with E-state index in [9.17, 15) is 24.3 Å². The lowest BCUT2D eigenvalue weighted by Crippen LogP contribution is -2.44. The van der Waals surface area contributed by atoms with E-state index >= 15 is 0 Å². The second-order valence-corrected chi connectivity index (χ2v) is 9.87. The van der Waals surface area contributed by atoms with Crippen LogP contribution >= 0.6 is 0 Å². The van der Waals surface area contributed by atoms with Crippen LogP contribution in [-0.2, 0) is 16.0 Å². The van der Waals surface area contributed by atoms with Gasteiger partial charge in [-0.25, -0.2) is 9.69 Å². The molecule has 0 bridgehead atoms. The average molecular weight is 539 g/mol. The molecule has 4 amide bonds. The van der Waals surface area contributed by atoms with Gasteiger partial charge >= 0.3 is 12.0 Å². The van der Waals surface area contributed by atoms with Crippen LogP contribution in [0.2, 0.25) is 0 Å². The first kappa shape index (κ1) is 25.2. The molecule has 1 fully saturated rings. The van der Waals surface area contributed by atoms with E-state index in [-0.39, 0.29) is 11.3 Å². The summed E-state index contributed by atoms with van der Waals surface area (Å²) in [6.45, 7) is 1.34. The lowest BCUT2D eigenvalue weighted by atomic mass is 9.89. The van der Waals surface area contributed by atoms with E-state index in [0.29, 0.717) is 12.2 Å². The van der Waals surface area contributed by atoms with Gasteiger partial charge in [-0.1, -0.05) is 42.5 Å². The van der Waals surface area contributed by atoms with Crippen LogP contribution in [0.1, 0.15) is 40.1 Å². The van der Waals surface area contributed by atoms with Crippen molar-refractivity contribution in [1.29, 1.82) is 0 Å². The van der Waals surface area contributed by atoms with Gasteiger partial charge in [-0.05, 0) is 48.4 Å². The van der Waals surface area contributed by atoms with Crippen molar-refractivity contribution in [1.82, 2.24) is 15.2 Å². The Kier molecular flexibility index (Phi) is 6.02. The number of aromatic nitrogens is 1. The van der Waals surface area contributed by atoms with Crippen LogP contribution in [0.5, 0.6) is 5.75 Å². The number of para-hydroxylation sites is 2. The zero-order chi connectivity index (χ0) is 28.1. The van der Waals surface area contributed by atoms with Gasteiger partial charge in [-0.15, -0.1) is 0 Å². The predicted molar refractivity (Wildman–Crippen MR) is 146 cm³/mol. The molecule has 10 nitrogen and oxygen atoms in total. The molecule has 6 rings (SSSR count). The monoisotopic (exact) mass is 538 g/mol. The number of anilines is 1. The summed E-state index contributed by atoms with van der Waals surface area (Å²) < 4.78 is 5.33. The van der Waals surface area contributed by atoms with Crippen molar-refractivity contribution in [2.24, 2.45) is 0 Å². The van der Waals surface area contributed by atoms with Crippen molar-refractivity contribution in [2.45, 2.75) is 31.5 Å². The largest absolute Gasteiger partial charge is 0.497 e. The second-order valence-electron chi connectivity index (χ2n) is 9.87. The van der Waals surface area contributed by atoms with Gasteiger partial charge in [0.2, 0.25) is 0 Å². The first-order valence-corrected chi connectivity index (χ1v) is 12.8. The lowest BCUT2D eigenvalue weighted by Gasteiger charge is -2.36. The van der Waals surface area contributed by atoms with Crippen molar-refractivity contribution < 1.29 is 29.0 Å². The Labute approximate surface area is 229 Å². The summed E-state index contributed by atoms with van der Waals surface area (Å²) in [6, 6.07) is 18.3. The molecule has 3 atom stereocenters. The van der Waals surface area contributed by atoms with E-state index in [0.717, 1.165) is 32.6 Å². The second kappa shape index (κ2) is 9.57. The number of nitrogens with zero attached hydrogens (tertiary/aromatic N) is 2. The first-order valence-electron chi connectivity index (χ1n) is 12.8. The molecule has 0 radical (unpaired) electrons. The maximum Gasteiger partial charge on any atom is 0.332 e. The molecule has 3 heterocycles. The van der Waals surface area contributed by atoms with Crippen LogP contribution in [0.3, 0.4) is 0 Å². The molecule has 0 aliphatic carbocycles. The fraction of sp³-hybridized carbons (Fsp3) is 0.200. The van der Waals surface area contributed by atoms with Crippen molar-refractivity contribution in [3.05, 3.63) is 95.2 Å². The van der Waals surface area contributed by atoms with Crippen LogP contribution in [0, 0.1) is 0 Å². The molecule has 0 spiro atoms. The molecule has 2 aliphatic heterocycles. The van der Waals surface area contributed by atoms with Gasteiger partial charge in [0, 0.05) is 23.0 Å². The summed E-state index contributed by atoms with van der Waals surface area (Å²) >= 11 is 0.